The van der Waals surface area contributed by atoms with E-state index in [1.807, 2.05) is 42.8 Å². The second-order valence-corrected chi connectivity index (χ2v) is 7.36. The van der Waals surface area contributed by atoms with Crippen molar-refractivity contribution in [2.45, 2.75) is 20.4 Å². The number of fused-ring (bicyclic) bond motifs is 1. The van der Waals surface area contributed by atoms with Crippen LogP contribution in [0.5, 0.6) is 0 Å². The molecule has 4 aromatic rings. The van der Waals surface area contributed by atoms with E-state index in [0.29, 0.717) is 24.3 Å². The van der Waals surface area contributed by atoms with Crippen LogP contribution < -0.4 is 5.32 Å². The van der Waals surface area contributed by atoms with Gasteiger partial charge in [-0.2, -0.15) is 5.10 Å². The predicted octanol–water partition coefficient (Wildman–Crippen LogP) is 4.09. The molecule has 0 unspecified atom stereocenters. The van der Waals surface area contributed by atoms with E-state index >= 15 is 0 Å². The number of para-hydroxylation sites is 1. The molecule has 7 nitrogen and oxygen atoms in total. The number of benzene rings is 2. The van der Waals surface area contributed by atoms with Crippen molar-refractivity contribution in [2.75, 3.05) is 18.4 Å². The molecule has 0 spiro atoms. The first-order valence-electron chi connectivity index (χ1n) is 10.5. The average molecular weight is 433 g/mol. The van der Waals surface area contributed by atoms with E-state index in [1.54, 1.807) is 29.2 Å². The minimum Gasteiger partial charge on any atom is -0.342 e. The lowest BCUT2D eigenvalue weighted by Gasteiger charge is -2.19. The Morgan fingerprint density at radius 3 is 2.62 bits per heavy atom. The number of amides is 2. The predicted molar refractivity (Wildman–Crippen MR) is 121 cm³/mol. The van der Waals surface area contributed by atoms with Crippen LogP contribution in [0.2, 0.25) is 0 Å². The molecule has 2 aromatic heterocycles. The molecule has 0 aliphatic rings. The highest BCUT2D eigenvalue weighted by Crippen LogP contribution is 2.22. The molecular formula is C24H24FN5O2. The van der Waals surface area contributed by atoms with Gasteiger partial charge in [0.1, 0.15) is 18.0 Å². The van der Waals surface area contributed by atoms with Crippen molar-refractivity contribution in [3.05, 3.63) is 78.5 Å². The van der Waals surface area contributed by atoms with Gasteiger partial charge in [-0.25, -0.2) is 9.07 Å². The first-order valence-corrected chi connectivity index (χ1v) is 10.5. The molecule has 2 amide bonds. The molecule has 32 heavy (non-hydrogen) atoms. The Labute approximate surface area is 185 Å². The molecule has 1 N–H and O–H groups in total. The van der Waals surface area contributed by atoms with E-state index in [-0.39, 0.29) is 24.0 Å². The van der Waals surface area contributed by atoms with Crippen molar-refractivity contribution in [1.29, 1.82) is 0 Å². The number of likely N-dealkylation sites (N-methyl/N-ethyl adjacent to an activating group) is 1. The normalized spacial score (nSPS) is 11.0. The molecule has 0 aliphatic carbocycles. The fourth-order valence-corrected chi connectivity index (χ4v) is 3.65. The molecule has 0 aliphatic heterocycles. The van der Waals surface area contributed by atoms with Gasteiger partial charge < -0.3 is 14.8 Å². The summed E-state index contributed by atoms with van der Waals surface area (Å²) in [5, 5.41) is 7.86. The van der Waals surface area contributed by atoms with Crippen molar-refractivity contribution >= 4 is 28.4 Å². The van der Waals surface area contributed by atoms with Crippen LogP contribution in [0.3, 0.4) is 0 Å². The van der Waals surface area contributed by atoms with Crippen LogP contribution in [0, 0.1) is 5.82 Å². The van der Waals surface area contributed by atoms with Crippen LogP contribution in [0.1, 0.15) is 24.2 Å². The average Bonchev–Trinajstić information content (AvgIpc) is 3.43. The molecule has 2 heterocycles. The summed E-state index contributed by atoms with van der Waals surface area (Å²) in [5.74, 6) is -0.697. The minimum absolute atomic E-state index is 0.0664. The van der Waals surface area contributed by atoms with Gasteiger partial charge in [-0.05, 0) is 50.2 Å². The summed E-state index contributed by atoms with van der Waals surface area (Å²) < 4.78 is 17.2. The van der Waals surface area contributed by atoms with Crippen molar-refractivity contribution in [3.63, 3.8) is 0 Å². The number of carbonyl (C=O) groups is 2. The van der Waals surface area contributed by atoms with Gasteiger partial charge >= 0.3 is 0 Å². The summed E-state index contributed by atoms with van der Waals surface area (Å²) in [6.07, 6.45) is 4.76. The third-order valence-corrected chi connectivity index (χ3v) is 5.39. The number of nitrogens with zero attached hydrogens (tertiary/aromatic N) is 4. The van der Waals surface area contributed by atoms with Gasteiger partial charge in [0.25, 0.3) is 5.91 Å². The van der Waals surface area contributed by atoms with E-state index in [0.717, 1.165) is 10.9 Å². The van der Waals surface area contributed by atoms with E-state index in [2.05, 4.69) is 10.4 Å². The zero-order chi connectivity index (χ0) is 22.7. The Kier molecular flexibility index (Phi) is 6.02. The second kappa shape index (κ2) is 9.05. The minimum atomic E-state index is -0.419. The maximum absolute atomic E-state index is 14.0. The molecule has 0 atom stereocenters. The van der Waals surface area contributed by atoms with Crippen LogP contribution >= 0.6 is 0 Å². The summed E-state index contributed by atoms with van der Waals surface area (Å²) in [5.41, 5.74) is 2.12. The second-order valence-electron chi connectivity index (χ2n) is 7.36. The maximum atomic E-state index is 14.0. The highest BCUT2D eigenvalue weighted by Gasteiger charge is 2.14. The summed E-state index contributed by atoms with van der Waals surface area (Å²) in [4.78, 5) is 26.9. The van der Waals surface area contributed by atoms with E-state index in [4.69, 9.17) is 0 Å². The molecule has 164 valence electrons. The molecule has 8 heteroatoms. The first kappa shape index (κ1) is 21.3. The molecular weight excluding hydrogens is 409 g/mol. The third-order valence-electron chi connectivity index (χ3n) is 5.39. The van der Waals surface area contributed by atoms with Gasteiger partial charge in [0.15, 0.2) is 0 Å². The van der Waals surface area contributed by atoms with Crippen LogP contribution in [0.25, 0.3) is 16.6 Å². The molecule has 0 bridgehead atoms. The van der Waals surface area contributed by atoms with Crippen LogP contribution in [0.4, 0.5) is 10.1 Å². The highest BCUT2D eigenvalue weighted by atomic mass is 19.1. The van der Waals surface area contributed by atoms with Gasteiger partial charge in [-0.15, -0.1) is 0 Å². The standard InChI is InChI=1S/C24H24FN5O2/c1-3-28(4-2)23(31)16-29-12-11-17-13-19(9-10-21(17)29)27-24(32)18-14-26-30(15-18)22-8-6-5-7-20(22)25/h5-15H,3-4,16H2,1-2H3,(H,27,32). The van der Waals surface area contributed by atoms with E-state index in [9.17, 15) is 14.0 Å². The van der Waals surface area contributed by atoms with Crippen molar-refractivity contribution < 1.29 is 14.0 Å². The lowest BCUT2D eigenvalue weighted by Crippen LogP contribution is -2.33. The van der Waals surface area contributed by atoms with Gasteiger partial charge in [-0.1, -0.05) is 12.1 Å². The highest BCUT2D eigenvalue weighted by molar-refractivity contribution is 6.05. The Morgan fingerprint density at radius 2 is 1.88 bits per heavy atom. The SMILES string of the molecule is CCN(CC)C(=O)Cn1ccc2cc(NC(=O)c3cnn(-c4ccccc4F)c3)ccc21. The Morgan fingerprint density at radius 1 is 1.09 bits per heavy atom. The topological polar surface area (TPSA) is 72.2 Å². The number of aromatic nitrogens is 3. The lowest BCUT2D eigenvalue weighted by molar-refractivity contribution is -0.131. The van der Waals surface area contributed by atoms with Gasteiger partial charge in [0.05, 0.1) is 11.8 Å². The fourth-order valence-electron chi connectivity index (χ4n) is 3.65. The first-order chi connectivity index (χ1) is 15.5. The summed E-state index contributed by atoms with van der Waals surface area (Å²) in [6.45, 7) is 5.55. The van der Waals surface area contributed by atoms with E-state index < -0.39 is 5.82 Å². The summed E-state index contributed by atoms with van der Waals surface area (Å²) in [7, 11) is 0. The monoisotopic (exact) mass is 433 g/mol. The zero-order valence-corrected chi connectivity index (χ0v) is 18.0. The number of carbonyl (C=O) groups excluding carboxylic acids is 2. The summed E-state index contributed by atoms with van der Waals surface area (Å²) >= 11 is 0. The number of hydrogen-bond donors (Lipinski definition) is 1. The van der Waals surface area contributed by atoms with Crippen molar-refractivity contribution in [1.82, 2.24) is 19.2 Å². The molecule has 4 rings (SSSR count). The fraction of sp³-hybridized carbons (Fsp3) is 0.208. The van der Waals surface area contributed by atoms with E-state index in [1.165, 1.54) is 23.1 Å². The lowest BCUT2D eigenvalue weighted by atomic mass is 10.2. The number of hydrogen-bond acceptors (Lipinski definition) is 3. The quantitative estimate of drug-likeness (QED) is 0.477. The number of anilines is 1. The van der Waals surface area contributed by atoms with Crippen LogP contribution in [0.15, 0.2) is 67.1 Å². The number of rotatable bonds is 7. The van der Waals surface area contributed by atoms with Crippen LogP contribution in [-0.4, -0.2) is 44.2 Å². The Bertz CT molecular complexity index is 1270. The molecule has 2 aromatic carbocycles. The maximum Gasteiger partial charge on any atom is 0.258 e. The van der Waals surface area contributed by atoms with Crippen LogP contribution in [-0.2, 0) is 11.3 Å². The van der Waals surface area contributed by atoms with Crippen molar-refractivity contribution in [2.24, 2.45) is 0 Å². The molecule has 0 radical (unpaired) electrons. The van der Waals surface area contributed by atoms with Gasteiger partial charge in [-0.3, -0.25) is 9.59 Å². The summed E-state index contributed by atoms with van der Waals surface area (Å²) in [6, 6.07) is 13.7. The Balaban J connectivity index is 1.49. The third kappa shape index (κ3) is 4.25. The molecule has 0 fully saturated rings. The molecule has 0 saturated carbocycles. The number of nitrogens with one attached hydrogen (secondary N) is 1. The smallest absolute Gasteiger partial charge is 0.258 e. The van der Waals surface area contributed by atoms with Crippen molar-refractivity contribution in [3.8, 4) is 5.69 Å². The Hall–Kier alpha value is -3.94. The largest absolute Gasteiger partial charge is 0.342 e. The number of halogens is 1. The van der Waals surface area contributed by atoms with Gasteiger partial charge in [0, 0.05) is 42.1 Å². The van der Waals surface area contributed by atoms with Gasteiger partial charge in [0.2, 0.25) is 5.91 Å². The zero-order valence-electron chi connectivity index (χ0n) is 18.0. The molecule has 0 saturated heterocycles.